The summed E-state index contributed by atoms with van der Waals surface area (Å²) in [5.41, 5.74) is 0. The highest BCUT2D eigenvalue weighted by Gasteiger charge is 2.37. The molecule has 0 fully saturated rings. The van der Waals surface area contributed by atoms with Crippen LogP contribution in [-0.2, 0) is 4.74 Å². The number of ether oxygens (including phenoxy) is 1. The third kappa shape index (κ3) is 1.37. The van der Waals surface area contributed by atoms with E-state index < -0.39 is 36.6 Å². The molecule has 0 radical (unpaired) electrons. The molecule has 1 aliphatic heterocycles. The highest BCUT2D eigenvalue weighted by molar-refractivity contribution is 5.13. The minimum Gasteiger partial charge on any atom is -0.506 e. The van der Waals surface area contributed by atoms with Gasteiger partial charge in [-0.3, -0.25) is 0 Å². The van der Waals surface area contributed by atoms with Crippen molar-refractivity contribution in [1.29, 1.82) is 0 Å². The molecule has 0 bridgehead atoms. The molecule has 5 N–H and O–H groups in total. The van der Waals surface area contributed by atoms with Crippen LogP contribution in [0.25, 0.3) is 0 Å². The van der Waals surface area contributed by atoms with Gasteiger partial charge in [0.25, 0.3) is 0 Å². The van der Waals surface area contributed by atoms with Crippen LogP contribution >= 0.6 is 0 Å². The number of aliphatic hydroxyl groups excluding tert-OH is 5. The third-order valence-electron chi connectivity index (χ3n) is 1.58. The van der Waals surface area contributed by atoms with Gasteiger partial charge in [-0.05, 0) is 0 Å². The number of rotatable bonds is 2. The summed E-state index contributed by atoms with van der Waals surface area (Å²) >= 11 is 0. The first-order chi connectivity index (χ1) is 5.57. The van der Waals surface area contributed by atoms with Crippen LogP contribution in [-0.4, -0.2) is 50.6 Å². The van der Waals surface area contributed by atoms with Crippen LogP contribution in [0.2, 0.25) is 0 Å². The minimum atomic E-state index is -1.63. The van der Waals surface area contributed by atoms with Crippen molar-refractivity contribution >= 4 is 0 Å². The van der Waals surface area contributed by atoms with Gasteiger partial charge in [0, 0.05) is 0 Å². The van der Waals surface area contributed by atoms with E-state index in [9.17, 15) is 0 Å². The molecule has 6 nitrogen and oxygen atoms in total. The largest absolute Gasteiger partial charge is 0.506 e. The standard InChI is InChI=1S/C6H10O6/c7-1-2(8)5-3(9)4(10)6(11)12-5/h2,5-11H,1H2/t2?,5-,6?/m0/s1. The van der Waals surface area contributed by atoms with Gasteiger partial charge >= 0.3 is 0 Å². The molecule has 12 heavy (non-hydrogen) atoms. The molecule has 0 aromatic carbocycles. The van der Waals surface area contributed by atoms with E-state index in [1.165, 1.54) is 0 Å². The zero-order valence-corrected chi connectivity index (χ0v) is 6.08. The Labute approximate surface area is 68.0 Å². The summed E-state index contributed by atoms with van der Waals surface area (Å²) in [6.45, 7) is -0.630. The van der Waals surface area contributed by atoms with E-state index in [1.54, 1.807) is 0 Å². The summed E-state index contributed by atoms with van der Waals surface area (Å²) in [6.07, 6.45) is -4.24. The van der Waals surface area contributed by atoms with Gasteiger partial charge < -0.3 is 30.3 Å². The Morgan fingerprint density at radius 2 is 1.92 bits per heavy atom. The summed E-state index contributed by atoms with van der Waals surface area (Å²) < 4.78 is 4.51. The molecule has 1 aliphatic rings. The Kier molecular flexibility index (Phi) is 2.53. The average molecular weight is 178 g/mol. The maximum absolute atomic E-state index is 9.00. The van der Waals surface area contributed by atoms with Crippen molar-refractivity contribution in [3.05, 3.63) is 11.5 Å². The smallest absolute Gasteiger partial charge is 0.218 e. The van der Waals surface area contributed by atoms with E-state index in [0.717, 1.165) is 0 Å². The predicted molar refractivity (Wildman–Crippen MR) is 36.3 cm³/mol. The van der Waals surface area contributed by atoms with Gasteiger partial charge in [-0.1, -0.05) is 0 Å². The summed E-state index contributed by atoms with van der Waals surface area (Å²) in [7, 11) is 0. The molecule has 70 valence electrons. The van der Waals surface area contributed by atoms with E-state index in [4.69, 9.17) is 25.5 Å². The highest BCUT2D eigenvalue weighted by atomic mass is 16.6. The van der Waals surface area contributed by atoms with Gasteiger partial charge in [-0.2, -0.15) is 0 Å². The summed E-state index contributed by atoms with van der Waals surface area (Å²) in [5, 5.41) is 44.1. The van der Waals surface area contributed by atoms with Crippen LogP contribution < -0.4 is 0 Å². The molecule has 0 aromatic rings. The van der Waals surface area contributed by atoms with Crippen molar-refractivity contribution < 1.29 is 30.3 Å². The second-order valence-electron chi connectivity index (χ2n) is 2.43. The Hall–Kier alpha value is -0.820. The number of hydrogen-bond acceptors (Lipinski definition) is 6. The van der Waals surface area contributed by atoms with Gasteiger partial charge in [-0.15, -0.1) is 0 Å². The molecule has 0 spiro atoms. The summed E-state index contributed by atoms with van der Waals surface area (Å²) in [6, 6.07) is 0. The van der Waals surface area contributed by atoms with Crippen molar-refractivity contribution in [1.82, 2.24) is 0 Å². The Morgan fingerprint density at radius 1 is 1.33 bits per heavy atom. The Morgan fingerprint density at radius 3 is 2.25 bits per heavy atom. The van der Waals surface area contributed by atoms with E-state index in [1.807, 2.05) is 0 Å². The molecule has 3 atom stereocenters. The SMILES string of the molecule is OCC(O)[C@@H]1OC(O)C(O)=C1O. The van der Waals surface area contributed by atoms with E-state index >= 15 is 0 Å². The lowest BCUT2D eigenvalue weighted by Crippen LogP contribution is -2.32. The van der Waals surface area contributed by atoms with Gasteiger partial charge in [0.1, 0.15) is 12.2 Å². The molecule has 1 rings (SSSR count). The average Bonchev–Trinajstić information content (AvgIpc) is 2.32. The lowest BCUT2D eigenvalue weighted by molar-refractivity contribution is -0.134. The van der Waals surface area contributed by atoms with Crippen molar-refractivity contribution in [2.45, 2.75) is 18.5 Å². The molecule has 0 aromatic heterocycles. The van der Waals surface area contributed by atoms with Gasteiger partial charge in [0.2, 0.25) is 6.29 Å². The molecular weight excluding hydrogens is 168 g/mol. The van der Waals surface area contributed by atoms with Crippen LogP contribution in [0.3, 0.4) is 0 Å². The maximum Gasteiger partial charge on any atom is 0.218 e. The first-order valence-electron chi connectivity index (χ1n) is 3.32. The van der Waals surface area contributed by atoms with Crippen LogP contribution in [0.1, 0.15) is 0 Å². The fraction of sp³-hybridized carbons (Fsp3) is 0.667. The number of hydrogen-bond donors (Lipinski definition) is 5. The fourth-order valence-corrected chi connectivity index (χ4v) is 0.909. The van der Waals surface area contributed by atoms with Gasteiger partial charge in [-0.25, -0.2) is 0 Å². The molecule has 0 saturated carbocycles. The van der Waals surface area contributed by atoms with E-state index in [0.29, 0.717) is 0 Å². The molecule has 6 heteroatoms. The fourth-order valence-electron chi connectivity index (χ4n) is 0.909. The predicted octanol–water partition coefficient (Wildman–Crippen LogP) is -1.62. The minimum absolute atomic E-state index is 0.630. The molecule has 2 unspecified atom stereocenters. The van der Waals surface area contributed by atoms with Gasteiger partial charge in [0.05, 0.1) is 6.61 Å². The normalized spacial score (nSPS) is 32.6. The van der Waals surface area contributed by atoms with Gasteiger partial charge in [0.15, 0.2) is 11.5 Å². The van der Waals surface area contributed by atoms with Crippen molar-refractivity contribution in [3.63, 3.8) is 0 Å². The monoisotopic (exact) mass is 178 g/mol. The molecule has 0 amide bonds. The lowest BCUT2D eigenvalue weighted by Gasteiger charge is -2.15. The van der Waals surface area contributed by atoms with Crippen LogP contribution in [0.4, 0.5) is 0 Å². The van der Waals surface area contributed by atoms with Crippen molar-refractivity contribution in [3.8, 4) is 0 Å². The van der Waals surface area contributed by atoms with E-state index in [-0.39, 0.29) is 0 Å². The molecule has 1 heterocycles. The highest BCUT2D eigenvalue weighted by Crippen LogP contribution is 2.24. The Balaban J connectivity index is 2.73. The first kappa shape index (κ1) is 9.27. The second-order valence-corrected chi connectivity index (χ2v) is 2.43. The zero-order valence-electron chi connectivity index (χ0n) is 6.08. The molecule has 0 saturated heterocycles. The lowest BCUT2D eigenvalue weighted by atomic mass is 10.2. The molecular formula is C6H10O6. The first-order valence-corrected chi connectivity index (χ1v) is 3.32. The Bertz CT molecular complexity index is 200. The topological polar surface area (TPSA) is 110 Å². The summed E-state index contributed by atoms with van der Waals surface area (Å²) in [4.78, 5) is 0. The van der Waals surface area contributed by atoms with Crippen LogP contribution in [0.15, 0.2) is 11.5 Å². The van der Waals surface area contributed by atoms with Crippen molar-refractivity contribution in [2.24, 2.45) is 0 Å². The van der Waals surface area contributed by atoms with Crippen LogP contribution in [0, 0.1) is 0 Å². The zero-order chi connectivity index (χ0) is 9.30. The quantitative estimate of drug-likeness (QED) is 0.348. The number of aliphatic hydroxyl groups is 5. The summed E-state index contributed by atoms with van der Waals surface area (Å²) in [5.74, 6) is -1.38. The van der Waals surface area contributed by atoms with Crippen LogP contribution in [0.5, 0.6) is 0 Å². The maximum atomic E-state index is 9.00. The van der Waals surface area contributed by atoms with Crippen molar-refractivity contribution in [2.75, 3.05) is 6.61 Å². The third-order valence-corrected chi connectivity index (χ3v) is 1.58. The molecule has 0 aliphatic carbocycles. The van der Waals surface area contributed by atoms with E-state index in [2.05, 4.69) is 4.74 Å². The second kappa shape index (κ2) is 3.28.